The third-order valence-corrected chi connectivity index (χ3v) is 13.0. The van der Waals surface area contributed by atoms with Crippen LogP contribution in [0, 0.1) is 59.3 Å². The zero-order valence-electron chi connectivity index (χ0n) is 20.2. The van der Waals surface area contributed by atoms with Crippen LogP contribution in [0.1, 0.15) is 39.0 Å². The summed E-state index contributed by atoms with van der Waals surface area (Å²) in [6, 6.07) is 0. The maximum absolute atomic E-state index is 2.74. The van der Waals surface area contributed by atoms with E-state index in [0.29, 0.717) is 0 Å². The molecule has 0 spiro atoms. The van der Waals surface area contributed by atoms with Gasteiger partial charge in [0.05, 0.1) is 8.07 Å². The van der Waals surface area contributed by atoms with E-state index in [9.17, 15) is 0 Å². The van der Waals surface area contributed by atoms with Gasteiger partial charge in [-0.3, -0.25) is 0 Å². The van der Waals surface area contributed by atoms with Crippen LogP contribution >= 0.6 is 0 Å². The molecule has 0 saturated heterocycles. The first-order valence-corrected chi connectivity index (χ1v) is 13.5. The molecule has 0 amide bonds. The average Bonchev–Trinajstić information content (AvgIpc) is 3.18. The maximum Gasteiger partial charge on any atom is 4.00 e. The van der Waals surface area contributed by atoms with Gasteiger partial charge >= 0.3 is 26.2 Å². The molecule has 4 aliphatic rings. The van der Waals surface area contributed by atoms with Gasteiger partial charge in [-0.15, -0.1) is 0 Å². The van der Waals surface area contributed by atoms with Crippen molar-refractivity contribution in [1.29, 1.82) is 0 Å². The van der Waals surface area contributed by atoms with E-state index < -0.39 is 8.07 Å². The van der Waals surface area contributed by atoms with Crippen LogP contribution in [-0.2, 0) is 26.2 Å². The molecule has 0 aromatic carbocycles. The zero-order valence-corrected chi connectivity index (χ0v) is 23.7. The van der Waals surface area contributed by atoms with Gasteiger partial charge in [0, 0.05) is 0 Å². The van der Waals surface area contributed by atoms with E-state index >= 15 is 0 Å². The van der Waals surface area contributed by atoms with E-state index in [1.54, 1.807) is 0 Å². The van der Waals surface area contributed by atoms with Crippen LogP contribution in [0.3, 0.4) is 0 Å². The zero-order chi connectivity index (χ0) is 16.7. The van der Waals surface area contributed by atoms with Crippen LogP contribution in [0.15, 0.2) is 48.6 Å². The number of allylic oxidation sites excluding steroid dienone is 8. The predicted octanol–water partition coefficient (Wildman–Crippen LogP) is 8.56. The molecular formula is C27H46SiZr. The van der Waals surface area contributed by atoms with Crippen molar-refractivity contribution >= 4 is 8.07 Å². The first-order valence-electron chi connectivity index (χ1n) is 10.3. The second-order valence-electron chi connectivity index (χ2n) is 9.36. The summed E-state index contributed by atoms with van der Waals surface area (Å²) in [7, 11) is -1.29. The van der Waals surface area contributed by atoms with Gasteiger partial charge in [0.1, 0.15) is 0 Å². The van der Waals surface area contributed by atoms with Gasteiger partial charge in [-0.05, 0) is 47.1 Å². The Morgan fingerprint density at radius 1 is 0.724 bits per heavy atom. The normalized spacial score (nSPS) is 35.8. The second-order valence-corrected chi connectivity index (χ2v) is 14.5. The molecule has 6 atom stereocenters. The fourth-order valence-corrected chi connectivity index (χ4v) is 11.8. The molecule has 29 heavy (non-hydrogen) atoms. The monoisotopic (exact) mass is 488 g/mol. The van der Waals surface area contributed by atoms with E-state index in [4.69, 9.17) is 0 Å². The van der Waals surface area contributed by atoms with Crippen LogP contribution in [0.2, 0.25) is 24.2 Å². The molecule has 2 saturated carbocycles. The Hall–Kier alpha value is 0.0600. The van der Waals surface area contributed by atoms with E-state index in [1.165, 1.54) is 32.1 Å². The van der Waals surface area contributed by atoms with Gasteiger partial charge in [0.15, 0.2) is 0 Å². The maximum atomic E-state index is 2.74. The van der Waals surface area contributed by atoms with Crippen molar-refractivity contribution in [3.05, 3.63) is 78.3 Å². The largest absolute Gasteiger partial charge is 4.00 e. The molecule has 0 heterocycles. The Labute approximate surface area is 204 Å². The van der Waals surface area contributed by atoms with Crippen LogP contribution < -0.4 is 0 Å². The average molecular weight is 490 g/mol. The number of rotatable bonds is 4. The molecule has 0 bridgehead atoms. The Balaban J connectivity index is 0. The molecule has 6 unspecified atom stereocenters. The van der Waals surface area contributed by atoms with Crippen molar-refractivity contribution in [2.75, 3.05) is 0 Å². The minimum Gasteiger partial charge on any atom is -0.358 e. The first-order chi connectivity index (χ1) is 11.6. The minimum atomic E-state index is -1.29. The van der Waals surface area contributed by atoms with Crippen molar-refractivity contribution in [1.82, 2.24) is 0 Å². The summed E-state index contributed by atoms with van der Waals surface area (Å²) in [6.45, 7) is 7.85. The van der Waals surface area contributed by atoms with Gasteiger partial charge in [-0.2, -0.15) is 0 Å². The van der Waals surface area contributed by atoms with E-state index in [0.717, 1.165) is 40.7 Å². The second kappa shape index (κ2) is 12.8. The smallest absolute Gasteiger partial charge is 0.358 e. The Kier molecular flexibility index (Phi) is 13.8. The number of hydrogen-bond donors (Lipinski definition) is 0. The van der Waals surface area contributed by atoms with Crippen molar-refractivity contribution in [2.24, 2.45) is 29.6 Å². The first kappa shape index (κ1) is 31.2. The fourth-order valence-electron chi connectivity index (χ4n) is 6.71. The van der Waals surface area contributed by atoms with E-state index in [2.05, 4.69) is 68.6 Å². The van der Waals surface area contributed by atoms with Crippen LogP contribution in [0.25, 0.3) is 0 Å². The van der Waals surface area contributed by atoms with Crippen molar-refractivity contribution < 1.29 is 26.2 Å². The molecule has 0 nitrogen and oxygen atoms in total. The summed E-state index contributed by atoms with van der Waals surface area (Å²) in [5, 5.41) is 0. The summed E-state index contributed by atoms with van der Waals surface area (Å²) in [5.74, 6) is 4.13. The van der Waals surface area contributed by atoms with Crippen molar-refractivity contribution in [3.8, 4) is 0 Å². The third-order valence-electron chi connectivity index (χ3n) is 7.87. The molecular weight excluding hydrogens is 444 g/mol. The molecule has 0 aromatic rings. The fraction of sp³-hybridized carbons (Fsp3) is 0.556. The molecule has 162 valence electrons. The molecule has 0 aromatic heterocycles. The molecule has 0 aliphatic heterocycles. The summed E-state index contributed by atoms with van der Waals surface area (Å²) in [5.41, 5.74) is 1.98. The van der Waals surface area contributed by atoms with E-state index in [-0.39, 0.29) is 55.9 Å². The number of fused-ring (bicyclic) bond motifs is 3. The summed E-state index contributed by atoms with van der Waals surface area (Å²) in [6.07, 6.45) is 26.9. The van der Waals surface area contributed by atoms with Gasteiger partial charge in [0.2, 0.25) is 0 Å². The summed E-state index contributed by atoms with van der Waals surface area (Å²) < 4.78 is 0. The summed E-state index contributed by atoms with van der Waals surface area (Å²) in [4.78, 5) is 0. The predicted molar refractivity (Wildman–Crippen MR) is 133 cm³/mol. The molecule has 4 aliphatic carbocycles. The van der Waals surface area contributed by atoms with Gasteiger partial charge in [-0.1, -0.05) is 94.3 Å². The molecule has 4 rings (SSSR count). The molecule has 2 fully saturated rings. The van der Waals surface area contributed by atoms with Gasteiger partial charge in [0.25, 0.3) is 0 Å². The molecule has 2 heteroatoms. The third kappa shape index (κ3) is 5.65. The van der Waals surface area contributed by atoms with Gasteiger partial charge in [-0.25, -0.2) is 0 Å². The minimum absolute atomic E-state index is 0. The van der Waals surface area contributed by atoms with E-state index in [1.807, 2.05) is 0 Å². The number of hydrogen-bond acceptors (Lipinski definition) is 0. The van der Waals surface area contributed by atoms with Crippen LogP contribution in [0.4, 0.5) is 0 Å². The van der Waals surface area contributed by atoms with Gasteiger partial charge < -0.3 is 29.7 Å². The van der Waals surface area contributed by atoms with Crippen LogP contribution in [-0.4, -0.2) is 8.07 Å². The van der Waals surface area contributed by atoms with Crippen molar-refractivity contribution in [2.45, 2.75) is 63.2 Å². The standard InChI is InChI=1S/C23H34Si.4CH3.Zr/c1-4-9-17-14-15-18(16-17)24(2,3)23-21-12-7-5-10-19(21)20-11-6-8-13-22(20)23;;;;;/h5-8,10-13,17-23H,4,9,14-16H2,1-3H3;4*1H3;/q;4*-1;+4. The van der Waals surface area contributed by atoms with Crippen LogP contribution in [0.5, 0.6) is 0 Å². The molecule has 0 N–H and O–H groups in total. The quantitative estimate of drug-likeness (QED) is 0.274. The summed E-state index contributed by atoms with van der Waals surface area (Å²) >= 11 is 0. The van der Waals surface area contributed by atoms with Crippen molar-refractivity contribution in [3.63, 3.8) is 0 Å². The Morgan fingerprint density at radius 3 is 1.62 bits per heavy atom. The Morgan fingerprint density at radius 2 is 1.17 bits per heavy atom. The SMILES string of the molecule is CCCC1CCC([Si](C)(C)C2C3C=CC=CC3C3C=CC=CC32)C1.[CH3-].[CH3-].[CH3-].[CH3-].[Zr+4]. The topological polar surface area (TPSA) is 0 Å². The molecule has 0 radical (unpaired) electrons. The Bertz CT molecular complexity index is 551.